The normalized spacial score (nSPS) is 18.3. The molecule has 2 heterocycles. The Balaban J connectivity index is 1.98. The first-order valence-corrected chi connectivity index (χ1v) is 6.54. The van der Waals surface area contributed by atoms with Crippen LogP contribution in [0.4, 0.5) is 0 Å². The van der Waals surface area contributed by atoms with E-state index in [9.17, 15) is 4.79 Å². The average Bonchev–Trinajstić information content (AvgIpc) is 2.78. The number of hydrogen-bond donors (Lipinski definition) is 1. The highest BCUT2D eigenvalue weighted by molar-refractivity contribution is 5.90. The van der Waals surface area contributed by atoms with Crippen molar-refractivity contribution in [1.82, 2.24) is 5.32 Å². The van der Waals surface area contributed by atoms with Crippen LogP contribution in [-0.2, 0) is 16.0 Å². The second kappa shape index (κ2) is 5.75. The summed E-state index contributed by atoms with van der Waals surface area (Å²) >= 11 is 0. The molecular formula is C14H21NO4. The lowest BCUT2D eigenvalue weighted by atomic mass is 9.92. The van der Waals surface area contributed by atoms with Crippen LogP contribution in [0, 0.1) is 6.92 Å². The zero-order valence-corrected chi connectivity index (χ0v) is 11.7. The van der Waals surface area contributed by atoms with Crippen LogP contribution in [0.25, 0.3) is 0 Å². The lowest BCUT2D eigenvalue weighted by molar-refractivity contribution is 0.0439. The molecule has 19 heavy (non-hydrogen) atoms. The van der Waals surface area contributed by atoms with E-state index in [0.717, 1.165) is 31.8 Å². The van der Waals surface area contributed by atoms with Crippen LogP contribution in [0.5, 0.6) is 0 Å². The molecule has 0 aliphatic carbocycles. The lowest BCUT2D eigenvalue weighted by Gasteiger charge is -2.34. The number of rotatable bonds is 4. The van der Waals surface area contributed by atoms with Gasteiger partial charge in [0.15, 0.2) is 0 Å². The minimum absolute atomic E-state index is 0.0738. The molecule has 1 saturated heterocycles. The third-order valence-corrected chi connectivity index (χ3v) is 3.66. The van der Waals surface area contributed by atoms with Crippen LogP contribution in [0.1, 0.15) is 41.6 Å². The zero-order chi connectivity index (χ0) is 13.9. The maximum absolute atomic E-state index is 11.5. The molecule has 1 fully saturated rings. The smallest absolute Gasteiger partial charge is 0.341 e. The number of methoxy groups -OCH3 is 1. The van der Waals surface area contributed by atoms with Gasteiger partial charge in [0.2, 0.25) is 0 Å². The summed E-state index contributed by atoms with van der Waals surface area (Å²) in [5.41, 5.74) is 0.570. The Morgan fingerprint density at radius 1 is 1.47 bits per heavy atom. The fourth-order valence-electron chi connectivity index (χ4n) is 2.24. The number of furan rings is 1. The van der Waals surface area contributed by atoms with Gasteiger partial charge in [0.25, 0.3) is 0 Å². The molecule has 2 rings (SSSR count). The Morgan fingerprint density at radius 2 is 2.16 bits per heavy atom. The average molecular weight is 267 g/mol. The number of ether oxygens (including phenoxy) is 2. The fourth-order valence-corrected chi connectivity index (χ4v) is 2.24. The monoisotopic (exact) mass is 267 g/mol. The van der Waals surface area contributed by atoms with Crippen molar-refractivity contribution in [2.24, 2.45) is 0 Å². The van der Waals surface area contributed by atoms with E-state index in [4.69, 9.17) is 13.9 Å². The van der Waals surface area contributed by atoms with Crippen LogP contribution in [-0.4, -0.2) is 31.8 Å². The first kappa shape index (κ1) is 14.1. The SMILES string of the molecule is COC(=O)c1cc(CNC2(C)CCOCC2)oc1C. The van der Waals surface area contributed by atoms with E-state index in [2.05, 4.69) is 12.2 Å². The molecule has 0 bridgehead atoms. The first-order valence-electron chi connectivity index (χ1n) is 6.54. The predicted molar refractivity (Wildman–Crippen MR) is 70.1 cm³/mol. The minimum Gasteiger partial charge on any atom is -0.465 e. The molecule has 5 heteroatoms. The molecule has 1 aliphatic rings. The topological polar surface area (TPSA) is 60.7 Å². The van der Waals surface area contributed by atoms with Crippen molar-refractivity contribution in [2.75, 3.05) is 20.3 Å². The summed E-state index contributed by atoms with van der Waals surface area (Å²) < 4.78 is 15.6. The van der Waals surface area contributed by atoms with Crippen molar-refractivity contribution < 1.29 is 18.7 Å². The first-order chi connectivity index (χ1) is 9.04. The van der Waals surface area contributed by atoms with Gasteiger partial charge < -0.3 is 19.2 Å². The largest absolute Gasteiger partial charge is 0.465 e. The molecular weight excluding hydrogens is 246 g/mol. The van der Waals surface area contributed by atoms with Gasteiger partial charge in [0.1, 0.15) is 17.1 Å². The minimum atomic E-state index is -0.357. The second-order valence-electron chi connectivity index (χ2n) is 5.20. The van der Waals surface area contributed by atoms with E-state index in [1.54, 1.807) is 13.0 Å². The van der Waals surface area contributed by atoms with E-state index in [0.29, 0.717) is 17.9 Å². The summed E-state index contributed by atoms with van der Waals surface area (Å²) in [5.74, 6) is 0.996. The van der Waals surface area contributed by atoms with Crippen LogP contribution in [0.15, 0.2) is 10.5 Å². The molecule has 1 N–H and O–H groups in total. The van der Waals surface area contributed by atoms with Crippen molar-refractivity contribution in [3.63, 3.8) is 0 Å². The molecule has 0 atom stereocenters. The van der Waals surface area contributed by atoms with Crippen LogP contribution < -0.4 is 5.32 Å². The second-order valence-corrected chi connectivity index (χ2v) is 5.20. The van der Waals surface area contributed by atoms with E-state index in [1.165, 1.54) is 7.11 Å². The van der Waals surface area contributed by atoms with Crippen LogP contribution in [0.2, 0.25) is 0 Å². The molecule has 0 saturated carbocycles. The highest BCUT2D eigenvalue weighted by atomic mass is 16.5. The van der Waals surface area contributed by atoms with E-state index >= 15 is 0 Å². The van der Waals surface area contributed by atoms with Gasteiger partial charge in [0, 0.05) is 18.8 Å². The standard InChI is InChI=1S/C14H21NO4/c1-10-12(13(16)17-3)8-11(19-10)9-15-14(2)4-6-18-7-5-14/h8,15H,4-7,9H2,1-3H3. The summed E-state index contributed by atoms with van der Waals surface area (Å²) in [6, 6.07) is 1.75. The Bertz CT molecular complexity index is 446. The maximum Gasteiger partial charge on any atom is 0.341 e. The summed E-state index contributed by atoms with van der Waals surface area (Å²) in [4.78, 5) is 11.5. The number of carbonyl (C=O) groups excluding carboxylic acids is 1. The quantitative estimate of drug-likeness (QED) is 0.846. The van der Waals surface area contributed by atoms with Crippen LogP contribution in [0.3, 0.4) is 0 Å². The van der Waals surface area contributed by atoms with Gasteiger partial charge in [0.05, 0.1) is 13.7 Å². The summed E-state index contributed by atoms with van der Waals surface area (Å²) in [5, 5.41) is 3.49. The summed E-state index contributed by atoms with van der Waals surface area (Å²) in [7, 11) is 1.37. The number of esters is 1. The Hall–Kier alpha value is -1.33. The van der Waals surface area contributed by atoms with Gasteiger partial charge in [-0.15, -0.1) is 0 Å². The third-order valence-electron chi connectivity index (χ3n) is 3.66. The molecule has 0 radical (unpaired) electrons. The Labute approximate surface area is 113 Å². The molecule has 0 aromatic carbocycles. The lowest BCUT2D eigenvalue weighted by Crippen LogP contribution is -2.46. The molecule has 1 aromatic rings. The molecule has 1 aromatic heterocycles. The van der Waals surface area contributed by atoms with Gasteiger partial charge >= 0.3 is 5.97 Å². The number of carbonyl (C=O) groups is 1. The number of nitrogens with one attached hydrogen (secondary N) is 1. The van der Waals surface area contributed by atoms with E-state index < -0.39 is 0 Å². The molecule has 106 valence electrons. The number of hydrogen-bond acceptors (Lipinski definition) is 5. The van der Waals surface area contributed by atoms with Gasteiger partial charge in [-0.3, -0.25) is 0 Å². The predicted octanol–water partition coefficient (Wildman–Crippen LogP) is 2.03. The fraction of sp³-hybridized carbons (Fsp3) is 0.643. The van der Waals surface area contributed by atoms with Crippen molar-refractivity contribution in [3.8, 4) is 0 Å². The van der Waals surface area contributed by atoms with Gasteiger partial charge in [-0.1, -0.05) is 0 Å². The molecule has 0 amide bonds. The third kappa shape index (κ3) is 3.36. The van der Waals surface area contributed by atoms with Gasteiger partial charge in [-0.05, 0) is 32.8 Å². The van der Waals surface area contributed by atoms with Crippen LogP contribution >= 0.6 is 0 Å². The van der Waals surface area contributed by atoms with Crippen molar-refractivity contribution in [3.05, 3.63) is 23.2 Å². The van der Waals surface area contributed by atoms with Crippen molar-refractivity contribution >= 4 is 5.97 Å². The van der Waals surface area contributed by atoms with Crippen molar-refractivity contribution in [2.45, 2.75) is 38.8 Å². The van der Waals surface area contributed by atoms with Crippen molar-refractivity contribution in [1.29, 1.82) is 0 Å². The Morgan fingerprint density at radius 3 is 2.79 bits per heavy atom. The highest BCUT2D eigenvalue weighted by Crippen LogP contribution is 2.21. The molecule has 0 unspecified atom stereocenters. The number of aryl methyl sites for hydroxylation is 1. The summed E-state index contributed by atoms with van der Waals surface area (Å²) in [6.45, 7) is 6.13. The zero-order valence-electron chi connectivity index (χ0n) is 11.7. The Kier molecular flexibility index (Phi) is 4.27. The van der Waals surface area contributed by atoms with Gasteiger partial charge in [-0.2, -0.15) is 0 Å². The van der Waals surface area contributed by atoms with E-state index in [1.807, 2.05) is 0 Å². The van der Waals surface area contributed by atoms with E-state index in [-0.39, 0.29) is 11.5 Å². The van der Waals surface area contributed by atoms with Gasteiger partial charge in [-0.25, -0.2) is 4.79 Å². The molecule has 0 spiro atoms. The summed E-state index contributed by atoms with van der Waals surface area (Å²) in [6.07, 6.45) is 1.97. The highest BCUT2D eigenvalue weighted by Gasteiger charge is 2.27. The maximum atomic E-state index is 11.5. The molecule has 5 nitrogen and oxygen atoms in total. The molecule has 1 aliphatic heterocycles.